The molecule has 0 aromatic carbocycles. The summed E-state index contributed by atoms with van der Waals surface area (Å²) >= 11 is 5.73. The van der Waals surface area contributed by atoms with Crippen LogP contribution in [-0.2, 0) is 4.79 Å². The van der Waals surface area contributed by atoms with E-state index in [2.05, 4.69) is 36.8 Å². The molecule has 10 heteroatoms. The van der Waals surface area contributed by atoms with Gasteiger partial charge in [0.1, 0.15) is 4.60 Å². The van der Waals surface area contributed by atoms with Crippen molar-refractivity contribution in [3.63, 3.8) is 0 Å². The number of anilines is 1. The molecule has 1 rings (SSSR count). The molecule has 98 valence electrons. The number of carboxylic acids is 1. The van der Waals surface area contributed by atoms with Gasteiger partial charge in [0.25, 0.3) is 0 Å². The molecule has 0 aliphatic carbocycles. The third-order valence-electron chi connectivity index (χ3n) is 1.64. The number of rotatable bonds is 2. The Morgan fingerprint density at radius 2 is 1.89 bits per heavy atom. The van der Waals surface area contributed by atoms with E-state index in [9.17, 15) is 22.8 Å². The summed E-state index contributed by atoms with van der Waals surface area (Å²) in [4.78, 5) is 25.1. The molecule has 1 aromatic rings. The minimum atomic E-state index is -5.12. The fourth-order valence-corrected chi connectivity index (χ4v) is 2.16. The van der Waals surface area contributed by atoms with Crippen LogP contribution in [0.3, 0.4) is 0 Å². The quantitative estimate of drug-likeness (QED) is 0.760. The summed E-state index contributed by atoms with van der Waals surface area (Å²) in [7, 11) is 0. The lowest BCUT2D eigenvalue weighted by Crippen LogP contribution is -2.31. The van der Waals surface area contributed by atoms with Crippen LogP contribution < -0.4 is 5.32 Å². The second-order valence-electron chi connectivity index (χ2n) is 2.91. The van der Waals surface area contributed by atoms with Gasteiger partial charge in [-0.1, -0.05) is 0 Å². The van der Waals surface area contributed by atoms with Gasteiger partial charge >= 0.3 is 18.1 Å². The number of halogens is 5. The summed E-state index contributed by atoms with van der Waals surface area (Å²) in [6.07, 6.45) is -5.12. The maximum absolute atomic E-state index is 12.1. The number of alkyl halides is 3. The zero-order valence-corrected chi connectivity index (χ0v) is 11.4. The summed E-state index contributed by atoms with van der Waals surface area (Å²) < 4.78 is 36.3. The van der Waals surface area contributed by atoms with Crippen LogP contribution in [0.15, 0.2) is 15.1 Å². The highest BCUT2D eigenvalue weighted by Crippen LogP contribution is 2.30. The van der Waals surface area contributed by atoms with Crippen molar-refractivity contribution in [1.29, 1.82) is 0 Å². The summed E-state index contributed by atoms with van der Waals surface area (Å²) in [5.74, 6) is -3.86. The van der Waals surface area contributed by atoms with Gasteiger partial charge < -0.3 is 10.4 Å². The predicted molar refractivity (Wildman–Crippen MR) is 61.3 cm³/mol. The second-order valence-corrected chi connectivity index (χ2v) is 4.57. The van der Waals surface area contributed by atoms with Crippen molar-refractivity contribution in [1.82, 2.24) is 4.98 Å². The van der Waals surface area contributed by atoms with E-state index in [0.717, 1.165) is 0 Å². The highest BCUT2D eigenvalue weighted by Gasteiger charge is 2.39. The number of aromatic carboxylic acids is 1. The Labute approximate surface area is 115 Å². The molecule has 5 nitrogen and oxygen atoms in total. The monoisotopic (exact) mass is 390 g/mol. The van der Waals surface area contributed by atoms with Crippen molar-refractivity contribution >= 4 is 49.4 Å². The number of carbonyl (C=O) groups excluding carboxylic acids is 1. The van der Waals surface area contributed by atoms with Gasteiger partial charge in [0, 0.05) is 4.47 Å². The van der Waals surface area contributed by atoms with Gasteiger partial charge in [-0.3, -0.25) is 4.79 Å². The summed E-state index contributed by atoms with van der Waals surface area (Å²) in [6, 6.07) is 1.21. The zero-order chi connectivity index (χ0) is 14.1. The van der Waals surface area contributed by atoms with E-state index in [1.165, 1.54) is 11.4 Å². The highest BCUT2D eigenvalue weighted by molar-refractivity contribution is 9.11. The van der Waals surface area contributed by atoms with E-state index in [1.54, 1.807) is 0 Å². The Bertz CT molecular complexity index is 519. The van der Waals surface area contributed by atoms with Gasteiger partial charge in [0.15, 0.2) is 5.69 Å². The van der Waals surface area contributed by atoms with Crippen LogP contribution in [0.4, 0.5) is 18.9 Å². The normalized spacial score (nSPS) is 11.2. The first kappa shape index (κ1) is 14.9. The standard InChI is InChI=1S/C8H3Br2F3N2O3/c9-2-1-3(10)14-5(6(16)17)4(2)15-7(18)8(11,12)13/h1H,(H,15,18)(H,16,17). The minimum Gasteiger partial charge on any atom is -0.476 e. The number of nitrogens with zero attached hydrogens (tertiary/aromatic N) is 1. The van der Waals surface area contributed by atoms with Crippen molar-refractivity contribution in [3.8, 4) is 0 Å². The fraction of sp³-hybridized carbons (Fsp3) is 0.125. The number of hydrogen-bond donors (Lipinski definition) is 2. The molecule has 0 aliphatic heterocycles. The largest absolute Gasteiger partial charge is 0.476 e. The van der Waals surface area contributed by atoms with Crippen LogP contribution in [0.1, 0.15) is 10.5 Å². The molecule has 0 saturated carbocycles. The number of nitrogens with one attached hydrogen (secondary N) is 1. The lowest BCUT2D eigenvalue weighted by molar-refractivity contribution is -0.167. The van der Waals surface area contributed by atoms with E-state index in [0.29, 0.717) is 0 Å². The van der Waals surface area contributed by atoms with Crippen LogP contribution >= 0.6 is 31.9 Å². The number of amides is 1. The molecule has 0 radical (unpaired) electrons. The molecule has 1 amide bonds. The molecule has 18 heavy (non-hydrogen) atoms. The zero-order valence-electron chi connectivity index (χ0n) is 8.18. The number of carboxylic acid groups (broad SMARTS) is 1. The lowest BCUT2D eigenvalue weighted by Gasteiger charge is -2.11. The van der Waals surface area contributed by atoms with Gasteiger partial charge in [-0.15, -0.1) is 0 Å². The third-order valence-corrected chi connectivity index (χ3v) is 2.67. The molecule has 1 aromatic heterocycles. The van der Waals surface area contributed by atoms with Crippen molar-refractivity contribution in [2.24, 2.45) is 0 Å². The Hall–Kier alpha value is -1.16. The summed E-state index contributed by atoms with van der Waals surface area (Å²) in [6.45, 7) is 0. The van der Waals surface area contributed by atoms with Gasteiger partial charge in [-0.05, 0) is 37.9 Å². The smallest absolute Gasteiger partial charge is 0.471 e. The molecule has 0 aliphatic rings. The van der Waals surface area contributed by atoms with Crippen LogP contribution in [0, 0.1) is 0 Å². The van der Waals surface area contributed by atoms with E-state index in [1.807, 2.05) is 0 Å². The molecule has 0 fully saturated rings. The Kier molecular flexibility index (Phi) is 4.32. The lowest BCUT2D eigenvalue weighted by atomic mass is 10.3. The number of carbonyl (C=O) groups is 2. The Balaban J connectivity index is 3.24. The average molecular weight is 392 g/mol. The van der Waals surface area contributed by atoms with E-state index < -0.39 is 29.4 Å². The van der Waals surface area contributed by atoms with E-state index >= 15 is 0 Å². The first-order valence-electron chi connectivity index (χ1n) is 4.10. The molecule has 0 spiro atoms. The molecule has 0 atom stereocenters. The van der Waals surface area contributed by atoms with Gasteiger partial charge in [-0.2, -0.15) is 13.2 Å². The van der Waals surface area contributed by atoms with Gasteiger partial charge in [-0.25, -0.2) is 9.78 Å². The molecular formula is C8H3Br2F3N2O3. The SMILES string of the molecule is O=C(O)c1nc(Br)cc(Br)c1NC(=O)C(F)(F)F. The summed E-state index contributed by atoms with van der Waals surface area (Å²) in [5.41, 5.74) is -1.28. The first-order valence-corrected chi connectivity index (χ1v) is 5.69. The van der Waals surface area contributed by atoms with Crippen molar-refractivity contribution < 1.29 is 27.9 Å². The first-order chi connectivity index (χ1) is 8.12. The minimum absolute atomic E-state index is 0.0422. The molecule has 1 heterocycles. The summed E-state index contributed by atoms with van der Waals surface area (Å²) in [5, 5.41) is 10.2. The Morgan fingerprint density at radius 1 is 1.33 bits per heavy atom. The molecule has 0 bridgehead atoms. The molecule has 0 saturated heterocycles. The second kappa shape index (κ2) is 5.22. The maximum Gasteiger partial charge on any atom is 0.471 e. The van der Waals surface area contributed by atoms with E-state index in [-0.39, 0.29) is 9.08 Å². The van der Waals surface area contributed by atoms with Gasteiger partial charge in [0.2, 0.25) is 0 Å². The predicted octanol–water partition coefficient (Wildman–Crippen LogP) is 2.81. The maximum atomic E-state index is 12.1. The van der Waals surface area contributed by atoms with Crippen LogP contribution in [0.2, 0.25) is 0 Å². The number of pyridine rings is 1. The topological polar surface area (TPSA) is 79.3 Å². The molecular weight excluding hydrogens is 389 g/mol. The van der Waals surface area contributed by atoms with Crippen LogP contribution in [0.25, 0.3) is 0 Å². The highest BCUT2D eigenvalue weighted by atomic mass is 79.9. The molecule has 0 unspecified atom stereocenters. The number of hydrogen-bond acceptors (Lipinski definition) is 3. The van der Waals surface area contributed by atoms with Gasteiger partial charge in [0.05, 0.1) is 5.69 Å². The van der Waals surface area contributed by atoms with Crippen molar-refractivity contribution in [2.75, 3.05) is 5.32 Å². The average Bonchev–Trinajstić information content (AvgIpc) is 2.19. The van der Waals surface area contributed by atoms with Crippen LogP contribution in [-0.4, -0.2) is 28.1 Å². The van der Waals surface area contributed by atoms with Crippen LogP contribution in [0.5, 0.6) is 0 Å². The number of aromatic nitrogens is 1. The van der Waals surface area contributed by atoms with E-state index in [4.69, 9.17) is 5.11 Å². The third kappa shape index (κ3) is 3.42. The van der Waals surface area contributed by atoms with Crippen molar-refractivity contribution in [3.05, 3.63) is 20.8 Å². The Morgan fingerprint density at radius 3 is 2.33 bits per heavy atom. The molecule has 2 N–H and O–H groups in total. The van der Waals surface area contributed by atoms with Crippen molar-refractivity contribution in [2.45, 2.75) is 6.18 Å². The fourth-order valence-electron chi connectivity index (χ4n) is 0.943.